The molecule has 0 unspecified atom stereocenters. The zero-order valence-electron chi connectivity index (χ0n) is 21.0. The largest absolute Gasteiger partial charge is 0.491 e. The minimum absolute atomic E-state index is 0.0349. The van der Waals surface area contributed by atoms with E-state index in [1.807, 2.05) is 0 Å². The van der Waals surface area contributed by atoms with Crippen LogP contribution in [0.3, 0.4) is 0 Å². The van der Waals surface area contributed by atoms with E-state index >= 15 is 0 Å². The first-order valence-electron chi connectivity index (χ1n) is 13.7. The second kappa shape index (κ2) is 11.8. The van der Waals surface area contributed by atoms with Crippen molar-refractivity contribution in [3.05, 3.63) is 41.2 Å². The molecule has 0 radical (unpaired) electrons. The minimum Gasteiger partial charge on any atom is -0.491 e. The molecule has 2 aromatic carbocycles. The number of halogens is 3. The van der Waals surface area contributed by atoms with Crippen molar-refractivity contribution in [3.8, 4) is 5.75 Å². The number of aryl methyl sites for hydroxylation is 1. The molecule has 4 rings (SSSR count). The third-order valence-electron chi connectivity index (χ3n) is 8.70. The van der Waals surface area contributed by atoms with Gasteiger partial charge in [0.05, 0.1) is 12.0 Å². The van der Waals surface area contributed by atoms with Gasteiger partial charge < -0.3 is 4.74 Å². The van der Waals surface area contributed by atoms with E-state index in [2.05, 4.69) is 6.92 Å². The molecule has 0 aromatic heterocycles. The Kier molecular flexibility index (Phi) is 8.82. The van der Waals surface area contributed by atoms with E-state index in [-0.39, 0.29) is 17.7 Å². The molecule has 4 heteroatoms. The van der Waals surface area contributed by atoms with Crippen LogP contribution in [0.25, 0.3) is 10.8 Å². The van der Waals surface area contributed by atoms with Crippen molar-refractivity contribution in [1.29, 1.82) is 0 Å². The van der Waals surface area contributed by atoms with E-state index < -0.39 is 17.5 Å². The molecule has 2 saturated carbocycles. The average molecular weight is 475 g/mol. The van der Waals surface area contributed by atoms with E-state index in [0.29, 0.717) is 23.3 Å². The highest BCUT2D eigenvalue weighted by Crippen LogP contribution is 2.43. The normalized spacial score (nSPS) is 25.6. The molecule has 0 bridgehead atoms. The molecular formula is C30H41F3O. The minimum atomic E-state index is -1.09. The van der Waals surface area contributed by atoms with Crippen LogP contribution in [0, 0.1) is 41.1 Å². The van der Waals surface area contributed by atoms with E-state index in [1.54, 1.807) is 19.1 Å². The molecule has 0 spiro atoms. The summed E-state index contributed by atoms with van der Waals surface area (Å²) in [6.07, 6.45) is 16.1. The van der Waals surface area contributed by atoms with Gasteiger partial charge in [-0.2, -0.15) is 0 Å². The maximum atomic E-state index is 14.8. The van der Waals surface area contributed by atoms with Crippen molar-refractivity contribution in [3.63, 3.8) is 0 Å². The standard InChI is InChI=1S/C30H41F3O/c1-3-5-6-20-7-12-22(13-8-20)23-14-9-21(10-15-23)11-16-25-19-24-17-18-26(34-4-2)29(32)27(24)30(33)28(25)31/h17-23H,3-16H2,1-2H3. The van der Waals surface area contributed by atoms with Gasteiger partial charge in [-0.05, 0) is 92.2 Å². The van der Waals surface area contributed by atoms with E-state index in [9.17, 15) is 13.2 Å². The van der Waals surface area contributed by atoms with Crippen molar-refractivity contribution in [2.45, 2.75) is 97.3 Å². The summed E-state index contributed by atoms with van der Waals surface area (Å²) in [5, 5.41) is 0.0882. The summed E-state index contributed by atoms with van der Waals surface area (Å²) in [6.45, 7) is 4.29. The summed E-state index contributed by atoms with van der Waals surface area (Å²) in [5.74, 6) is 0.449. The van der Waals surface area contributed by atoms with Crippen molar-refractivity contribution >= 4 is 10.8 Å². The lowest BCUT2D eigenvalue weighted by atomic mass is 9.68. The molecule has 0 atom stereocenters. The van der Waals surface area contributed by atoms with Gasteiger partial charge in [0.25, 0.3) is 0 Å². The summed E-state index contributed by atoms with van der Waals surface area (Å²) in [7, 11) is 0. The quantitative estimate of drug-likeness (QED) is 0.352. The molecule has 0 N–H and O–H groups in total. The van der Waals surface area contributed by atoms with Crippen LogP contribution in [0.5, 0.6) is 5.75 Å². The highest BCUT2D eigenvalue weighted by atomic mass is 19.2. The Morgan fingerprint density at radius 1 is 0.765 bits per heavy atom. The Morgan fingerprint density at radius 2 is 1.38 bits per heavy atom. The number of hydrogen-bond donors (Lipinski definition) is 0. The zero-order valence-corrected chi connectivity index (χ0v) is 21.0. The zero-order chi connectivity index (χ0) is 24.1. The number of hydrogen-bond acceptors (Lipinski definition) is 1. The fourth-order valence-corrected chi connectivity index (χ4v) is 6.61. The summed E-state index contributed by atoms with van der Waals surface area (Å²) in [6, 6.07) is 4.74. The molecule has 34 heavy (non-hydrogen) atoms. The van der Waals surface area contributed by atoms with Crippen LogP contribution in [0.15, 0.2) is 18.2 Å². The molecule has 2 fully saturated rings. The predicted molar refractivity (Wildman–Crippen MR) is 134 cm³/mol. The number of rotatable bonds is 9. The van der Waals surface area contributed by atoms with Crippen molar-refractivity contribution in [2.24, 2.45) is 23.7 Å². The van der Waals surface area contributed by atoms with Gasteiger partial charge in [-0.1, -0.05) is 57.9 Å². The van der Waals surface area contributed by atoms with Gasteiger partial charge in [0.15, 0.2) is 23.2 Å². The van der Waals surface area contributed by atoms with Gasteiger partial charge in [-0.15, -0.1) is 0 Å². The first kappa shape index (κ1) is 25.4. The maximum Gasteiger partial charge on any atom is 0.175 e. The van der Waals surface area contributed by atoms with Gasteiger partial charge >= 0.3 is 0 Å². The maximum absolute atomic E-state index is 14.8. The molecule has 1 nitrogen and oxygen atoms in total. The molecule has 0 saturated heterocycles. The Morgan fingerprint density at radius 3 is 1.97 bits per heavy atom. The first-order chi connectivity index (χ1) is 16.5. The third-order valence-corrected chi connectivity index (χ3v) is 8.70. The highest BCUT2D eigenvalue weighted by molar-refractivity contribution is 5.86. The molecule has 2 aliphatic carbocycles. The Hall–Kier alpha value is -1.71. The van der Waals surface area contributed by atoms with Crippen LogP contribution in [-0.2, 0) is 6.42 Å². The van der Waals surface area contributed by atoms with Crippen LogP contribution >= 0.6 is 0 Å². The first-order valence-corrected chi connectivity index (χ1v) is 13.7. The van der Waals surface area contributed by atoms with Gasteiger partial charge in [0.2, 0.25) is 0 Å². The van der Waals surface area contributed by atoms with Crippen molar-refractivity contribution in [1.82, 2.24) is 0 Å². The Bertz CT molecular complexity index is 940. The second-order valence-electron chi connectivity index (χ2n) is 10.8. The molecule has 0 amide bonds. The third kappa shape index (κ3) is 5.74. The van der Waals surface area contributed by atoms with E-state index in [1.165, 1.54) is 76.7 Å². The summed E-state index contributed by atoms with van der Waals surface area (Å²) in [5.41, 5.74) is 0.362. The Labute approximate surface area is 203 Å². The smallest absolute Gasteiger partial charge is 0.175 e. The number of benzene rings is 2. The molecule has 188 valence electrons. The van der Waals surface area contributed by atoms with Gasteiger partial charge in [0.1, 0.15) is 0 Å². The monoisotopic (exact) mass is 474 g/mol. The number of unbranched alkanes of at least 4 members (excludes halogenated alkanes) is 1. The van der Waals surface area contributed by atoms with Crippen LogP contribution in [-0.4, -0.2) is 6.61 Å². The summed E-state index contributed by atoms with van der Waals surface area (Å²) >= 11 is 0. The lowest BCUT2D eigenvalue weighted by Gasteiger charge is -2.38. The molecule has 0 aliphatic heterocycles. The molecule has 2 aromatic rings. The van der Waals surface area contributed by atoms with Crippen LogP contribution in [0.2, 0.25) is 0 Å². The molecule has 0 heterocycles. The number of ether oxygens (including phenoxy) is 1. The average Bonchev–Trinajstić information content (AvgIpc) is 2.86. The van der Waals surface area contributed by atoms with Crippen LogP contribution in [0.4, 0.5) is 13.2 Å². The van der Waals surface area contributed by atoms with Gasteiger partial charge in [-0.3, -0.25) is 0 Å². The summed E-state index contributed by atoms with van der Waals surface area (Å²) in [4.78, 5) is 0. The van der Waals surface area contributed by atoms with Crippen molar-refractivity contribution < 1.29 is 17.9 Å². The van der Waals surface area contributed by atoms with Crippen molar-refractivity contribution in [2.75, 3.05) is 6.61 Å². The van der Waals surface area contributed by atoms with Gasteiger partial charge in [0, 0.05) is 0 Å². The van der Waals surface area contributed by atoms with Crippen LogP contribution in [0.1, 0.15) is 96.5 Å². The SMILES string of the molecule is CCCCC1CCC(C2CCC(CCc3cc4ccc(OCC)c(F)c4c(F)c3F)CC2)CC1. The van der Waals surface area contributed by atoms with E-state index in [0.717, 1.165) is 24.2 Å². The van der Waals surface area contributed by atoms with Gasteiger partial charge in [-0.25, -0.2) is 13.2 Å². The number of fused-ring (bicyclic) bond motifs is 1. The lowest BCUT2D eigenvalue weighted by Crippen LogP contribution is -2.26. The molecule has 2 aliphatic rings. The summed E-state index contributed by atoms with van der Waals surface area (Å²) < 4.78 is 49.4. The fraction of sp³-hybridized carbons (Fsp3) is 0.667. The topological polar surface area (TPSA) is 9.23 Å². The second-order valence-corrected chi connectivity index (χ2v) is 10.8. The highest BCUT2D eigenvalue weighted by Gasteiger charge is 2.31. The Balaban J connectivity index is 1.30. The predicted octanol–water partition coefficient (Wildman–Crippen LogP) is 9.39. The fourth-order valence-electron chi connectivity index (χ4n) is 6.61. The molecular weight excluding hydrogens is 433 g/mol. The van der Waals surface area contributed by atoms with E-state index in [4.69, 9.17) is 4.74 Å². The lowest BCUT2D eigenvalue weighted by molar-refractivity contribution is 0.140. The van der Waals surface area contributed by atoms with Crippen LogP contribution < -0.4 is 4.74 Å².